The minimum Gasteiger partial charge on any atom is -0.351 e. The van der Waals surface area contributed by atoms with Crippen LogP contribution in [-0.2, 0) is 0 Å². The van der Waals surface area contributed by atoms with Gasteiger partial charge in [0.15, 0.2) is 5.11 Å². The molecule has 5 rings (SSSR count). The number of hydrogen-bond acceptors (Lipinski definition) is 2. The summed E-state index contributed by atoms with van der Waals surface area (Å²) in [4.78, 5) is 6.91. The summed E-state index contributed by atoms with van der Waals surface area (Å²) >= 11 is 9.37. The maximum atomic E-state index is 5.82. The Morgan fingerprint density at radius 3 is 2.52 bits per heavy atom. The highest BCUT2D eigenvalue weighted by Crippen LogP contribution is 2.46. The Labute approximate surface area is 185 Å². The molecular weight excluding hydrogens is 444 g/mol. The number of anilines is 1. The van der Waals surface area contributed by atoms with Crippen LogP contribution in [0.15, 0.2) is 59.2 Å². The second kappa shape index (κ2) is 7.26. The predicted octanol–water partition coefficient (Wildman–Crippen LogP) is 5.77. The molecule has 6 heteroatoms. The molecule has 0 spiro atoms. The number of thiocarbonyl (C=S) groups is 1. The first kappa shape index (κ1) is 18.8. The third-order valence-corrected chi connectivity index (χ3v) is 6.80. The molecule has 1 aliphatic heterocycles. The molecule has 29 heavy (non-hydrogen) atoms. The number of pyridine rings is 1. The SMILES string of the molecule is Cc1cc([C@H]2[C@H](c3ccccn3)NC(=S)N2c2ccc(Br)cc2)c(C)n1C1CC1. The summed E-state index contributed by atoms with van der Waals surface area (Å²) < 4.78 is 3.57. The fraction of sp³-hybridized carbons (Fsp3) is 0.304. The van der Waals surface area contributed by atoms with E-state index in [0.29, 0.717) is 6.04 Å². The summed E-state index contributed by atoms with van der Waals surface area (Å²) in [5.41, 5.74) is 6.08. The molecule has 1 aliphatic carbocycles. The highest BCUT2D eigenvalue weighted by molar-refractivity contribution is 9.10. The minimum atomic E-state index is 0.000463. The molecule has 3 heterocycles. The molecule has 2 aromatic heterocycles. The van der Waals surface area contributed by atoms with Gasteiger partial charge in [-0.05, 0) is 86.9 Å². The lowest BCUT2D eigenvalue weighted by Crippen LogP contribution is -2.29. The maximum Gasteiger partial charge on any atom is 0.174 e. The van der Waals surface area contributed by atoms with Crippen LogP contribution in [-0.4, -0.2) is 14.7 Å². The molecule has 1 N–H and O–H groups in total. The third kappa shape index (κ3) is 3.28. The van der Waals surface area contributed by atoms with E-state index in [1.807, 2.05) is 18.3 Å². The van der Waals surface area contributed by atoms with Crippen molar-refractivity contribution in [1.82, 2.24) is 14.9 Å². The van der Waals surface area contributed by atoms with Gasteiger partial charge < -0.3 is 14.8 Å². The van der Waals surface area contributed by atoms with Crippen LogP contribution in [0.3, 0.4) is 0 Å². The Bertz CT molecular complexity index is 1060. The zero-order valence-electron chi connectivity index (χ0n) is 16.5. The third-order valence-electron chi connectivity index (χ3n) is 5.96. The fourth-order valence-electron chi connectivity index (χ4n) is 4.55. The van der Waals surface area contributed by atoms with Crippen molar-refractivity contribution in [2.75, 3.05) is 4.90 Å². The predicted molar refractivity (Wildman–Crippen MR) is 124 cm³/mol. The van der Waals surface area contributed by atoms with Crippen molar-refractivity contribution >= 4 is 38.9 Å². The van der Waals surface area contributed by atoms with Crippen LogP contribution < -0.4 is 10.2 Å². The van der Waals surface area contributed by atoms with Crippen molar-refractivity contribution < 1.29 is 0 Å². The molecule has 0 amide bonds. The second-order valence-electron chi connectivity index (χ2n) is 7.90. The van der Waals surface area contributed by atoms with Crippen LogP contribution in [0.5, 0.6) is 0 Å². The molecule has 1 saturated carbocycles. The number of halogens is 1. The lowest BCUT2D eigenvalue weighted by molar-refractivity contribution is 0.562. The molecule has 3 aromatic rings. The standard InChI is InChI=1S/C23H23BrN4S/c1-14-13-19(15(2)27(14)17-10-11-17)22-21(20-5-3-4-12-25-20)26-23(29)28(22)18-8-6-16(24)7-9-18/h3-9,12-13,17,21-22H,10-11H2,1-2H3,(H,26,29)/t21-,22-/m0/s1. The van der Waals surface area contributed by atoms with Gasteiger partial charge in [0.2, 0.25) is 0 Å². The average molecular weight is 467 g/mol. The van der Waals surface area contributed by atoms with Gasteiger partial charge >= 0.3 is 0 Å². The quantitative estimate of drug-likeness (QED) is 0.494. The number of rotatable bonds is 4. The topological polar surface area (TPSA) is 33.1 Å². The van der Waals surface area contributed by atoms with Crippen molar-refractivity contribution in [2.24, 2.45) is 0 Å². The number of aromatic nitrogens is 2. The fourth-order valence-corrected chi connectivity index (χ4v) is 5.16. The van der Waals surface area contributed by atoms with E-state index in [9.17, 15) is 0 Å². The van der Waals surface area contributed by atoms with Crippen LogP contribution in [0.1, 0.15) is 53.6 Å². The lowest BCUT2D eigenvalue weighted by atomic mass is 9.96. The van der Waals surface area contributed by atoms with Gasteiger partial charge in [0.25, 0.3) is 0 Å². The van der Waals surface area contributed by atoms with Gasteiger partial charge in [-0.3, -0.25) is 4.98 Å². The highest BCUT2D eigenvalue weighted by Gasteiger charge is 2.42. The van der Waals surface area contributed by atoms with E-state index in [1.54, 1.807) is 0 Å². The van der Waals surface area contributed by atoms with E-state index in [0.717, 1.165) is 21.0 Å². The molecule has 0 unspecified atom stereocenters. The van der Waals surface area contributed by atoms with Gasteiger partial charge in [-0.25, -0.2) is 0 Å². The van der Waals surface area contributed by atoms with Gasteiger partial charge in [0.05, 0.1) is 17.8 Å². The Hall–Kier alpha value is -2.18. The smallest absolute Gasteiger partial charge is 0.174 e. The Balaban J connectivity index is 1.66. The van der Waals surface area contributed by atoms with Crippen LogP contribution in [0.4, 0.5) is 5.69 Å². The van der Waals surface area contributed by atoms with Crippen molar-refractivity contribution in [3.8, 4) is 0 Å². The first-order valence-electron chi connectivity index (χ1n) is 9.99. The monoisotopic (exact) mass is 466 g/mol. The molecule has 0 radical (unpaired) electrons. The molecule has 148 valence electrons. The first-order valence-corrected chi connectivity index (χ1v) is 11.2. The second-order valence-corrected chi connectivity index (χ2v) is 9.20. The first-order chi connectivity index (χ1) is 14.0. The normalized spacial score (nSPS) is 21.5. The van der Waals surface area contributed by atoms with Crippen LogP contribution in [0.2, 0.25) is 0 Å². The van der Waals surface area contributed by atoms with E-state index < -0.39 is 0 Å². The number of aryl methyl sites for hydroxylation is 1. The summed E-state index contributed by atoms with van der Waals surface area (Å²) in [6, 6.07) is 17.5. The minimum absolute atomic E-state index is 0.000463. The van der Waals surface area contributed by atoms with E-state index in [2.05, 4.69) is 85.9 Å². The Morgan fingerprint density at radius 1 is 1.10 bits per heavy atom. The molecule has 2 fully saturated rings. The van der Waals surface area contributed by atoms with Crippen molar-refractivity contribution in [3.63, 3.8) is 0 Å². The number of nitrogens with zero attached hydrogens (tertiary/aromatic N) is 3. The highest BCUT2D eigenvalue weighted by atomic mass is 79.9. The zero-order valence-corrected chi connectivity index (χ0v) is 18.9. The van der Waals surface area contributed by atoms with Gasteiger partial charge in [-0.1, -0.05) is 22.0 Å². The molecule has 4 nitrogen and oxygen atoms in total. The van der Waals surface area contributed by atoms with E-state index >= 15 is 0 Å². The summed E-state index contributed by atoms with van der Waals surface area (Å²) in [6.07, 6.45) is 4.40. The van der Waals surface area contributed by atoms with Gasteiger partial charge in [0, 0.05) is 33.8 Å². The summed E-state index contributed by atoms with van der Waals surface area (Å²) in [5, 5.41) is 4.30. The summed E-state index contributed by atoms with van der Waals surface area (Å²) in [6.45, 7) is 4.46. The molecule has 0 bridgehead atoms. The van der Waals surface area contributed by atoms with Gasteiger partial charge in [-0.2, -0.15) is 0 Å². The van der Waals surface area contributed by atoms with Crippen LogP contribution >= 0.6 is 28.1 Å². The molecule has 1 saturated heterocycles. The lowest BCUT2D eigenvalue weighted by Gasteiger charge is -2.28. The van der Waals surface area contributed by atoms with E-state index in [1.165, 1.54) is 29.8 Å². The number of benzene rings is 1. The Kier molecular flexibility index (Phi) is 4.71. The average Bonchev–Trinajstić information content (AvgIpc) is 3.43. The van der Waals surface area contributed by atoms with Crippen molar-refractivity contribution in [1.29, 1.82) is 0 Å². The summed E-state index contributed by atoms with van der Waals surface area (Å²) in [7, 11) is 0. The number of nitrogens with one attached hydrogen (secondary N) is 1. The Morgan fingerprint density at radius 2 is 1.86 bits per heavy atom. The van der Waals surface area contributed by atoms with Crippen LogP contribution in [0, 0.1) is 13.8 Å². The number of hydrogen-bond donors (Lipinski definition) is 1. The molecule has 1 aromatic carbocycles. The van der Waals surface area contributed by atoms with Crippen LogP contribution in [0.25, 0.3) is 0 Å². The molecule has 2 aliphatic rings. The largest absolute Gasteiger partial charge is 0.351 e. The van der Waals surface area contributed by atoms with E-state index in [4.69, 9.17) is 12.2 Å². The molecule has 2 atom stereocenters. The maximum absolute atomic E-state index is 5.82. The van der Waals surface area contributed by atoms with Crippen molar-refractivity contribution in [3.05, 3.63) is 81.8 Å². The summed E-state index contributed by atoms with van der Waals surface area (Å²) in [5.74, 6) is 0. The molecular formula is C23H23BrN4S. The van der Waals surface area contributed by atoms with Gasteiger partial charge in [0.1, 0.15) is 0 Å². The zero-order chi connectivity index (χ0) is 20.1. The van der Waals surface area contributed by atoms with Gasteiger partial charge in [-0.15, -0.1) is 0 Å². The van der Waals surface area contributed by atoms with E-state index in [-0.39, 0.29) is 12.1 Å². The van der Waals surface area contributed by atoms with Crippen molar-refractivity contribution in [2.45, 2.75) is 44.8 Å².